The standard InChI is InChI=1S/C11H19N3O3/c1-3-4-17-10-5-8(2)13-11(14-10)12-6-9(16)7-15/h5,9,15-16H,3-4,6-7H2,1-2H3,(H,12,13,14). The van der Waals surface area contributed by atoms with Crippen LogP contribution in [0.2, 0.25) is 0 Å². The number of aliphatic hydroxyl groups is 2. The van der Waals surface area contributed by atoms with Gasteiger partial charge in [0, 0.05) is 18.3 Å². The average Bonchev–Trinajstić information content (AvgIpc) is 2.32. The monoisotopic (exact) mass is 241 g/mol. The van der Waals surface area contributed by atoms with E-state index in [1.165, 1.54) is 0 Å². The van der Waals surface area contributed by atoms with Crippen molar-refractivity contribution in [2.75, 3.05) is 25.1 Å². The van der Waals surface area contributed by atoms with E-state index in [4.69, 9.17) is 9.84 Å². The van der Waals surface area contributed by atoms with Crippen LogP contribution >= 0.6 is 0 Å². The van der Waals surface area contributed by atoms with Crippen LogP contribution in [0, 0.1) is 6.92 Å². The number of aromatic nitrogens is 2. The average molecular weight is 241 g/mol. The van der Waals surface area contributed by atoms with Crippen LogP contribution in [0.5, 0.6) is 5.88 Å². The lowest BCUT2D eigenvalue weighted by atomic mass is 10.4. The van der Waals surface area contributed by atoms with Gasteiger partial charge in [0.2, 0.25) is 11.8 Å². The molecule has 1 aromatic heterocycles. The Balaban J connectivity index is 2.61. The molecule has 1 heterocycles. The molecular formula is C11H19N3O3. The van der Waals surface area contributed by atoms with E-state index >= 15 is 0 Å². The van der Waals surface area contributed by atoms with E-state index in [9.17, 15) is 5.11 Å². The SMILES string of the molecule is CCCOc1cc(C)nc(NCC(O)CO)n1. The molecular weight excluding hydrogens is 222 g/mol. The van der Waals surface area contributed by atoms with Gasteiger partial charge in [0.15, 0.2) is 0 Å². The number of rotatable bonds is 7. The molecule has 6 heteroatoms. The van der Waals surface area contributed by atoms with Crippen molar-refractivity contribution in [3.05, 3.63) is 11.8 Å². The minimum Gasteiger partial charge on any atom is -0.478 e. The molecule has 96 valence electrons. The van der Waals surface area contributed by atoms with Crippen LogP contribution in [-0.2, 0) is 0 Å². The summed E-state index contributed by atoms with van der Waals surface area (Å²) in [7, 11) is 0. The molecule has 0 saturated heterocycles. The first-order valence-corrected chi connectivity index (χ1v) is 5.67. The third kappa shape index (κ3) is 4.97. The molecule has 1 atom stereocenters. The van der Waals surface area contributed by atoms with Crippen LogP contribution in [0.25, 0.3) is 0 Å². The summed E-state index contributed by atoms with van der Waals surface area (Å²) in [5, 5.41) is 20.7. The summed E-state index contributed by atoms with van der Waals surface area (Å²) < 4.78 is 5.41. The van der Waals surface area contributed by atoms with Crippen molar-refractivity contribution in [2.24, 2.45) is 0 Å². The summed E-state index contributed by atoms with van der Waals surface area (Å²) in [5.41, 5.74) is 0.784. The summed E-state index contributed by atoms with van der Waals surface area (Å²) in [6.45, 7) is 4.37. The van der Waals surface area contributed by atoms with Gasteiger partial charge in [-0.05, 0) is 13.3 Å². The summed E-state index contributed by atoms with van der Waals surface area (Å²) in [6.07, 6.45) is 0.0915. The summed E-state index contributed by atoms with van der Waals surface area (Å²) in [4.78, 5) is 8.29. The van der Waals surface area contributed by atoms with E-state index in [1.54, 1.807) is 6.07 Å². The van der Waals surface area contributed by atoms with E-state index < -0.39 is 6.10 Å². The highest BCUT2D eigenvalue weighted by molar-refractivity contribution is 5.30. The second kappa shape index (κ2) is 7.03. The Bertz CT molecular complexity index is 347. The predicted molar refractivity (Wildman–Crippen MR) is 64.1 cm³/mol. The molecule has 0 aliphatic rings. The second-order valence-electron chi connectivity index (χ2n) is 3.74. The molecule has 0 radical (unpaired) electrons. The van der Waals surface area contributed by atoms with Gasteiger partial charge in [-0.1, -0.05) is 6.92 Å². The number of hydrogen-bond donors (Lipinski definition) is 3. The van der Waals surface area contributed by atoms with Crippen molar-refractivity contribution in [1.82, 2.24) is 9.97 Å². The normalized spacial score (nSPS) is 12.2. The van der Waals surface area contributed by atoms with E-state index in [1.807, 2.05) is 13.8 Å². The second-order valence-corrected chi connectivity index (χ2v) is 3.74. The van der Waals surface area contributed by atoms with Gasteiger partial charge < -0.3 is 20.3 Å². The fourth-order valence-electron chi connectivity index (χ4n) is 1.17. The van der Waals surface area contributed by atoms with Crippen LogP contribution in [0.15, 0.2) is 6.07 Å². The van der Waals surface area contributed by atoms with Crippen molar-refractivity contribution in [1.29, 1.82) is 0 Å². The highest BCUT2D eigenvalue weighted by Gasteiger charge is 2.05. The van der Waals surface area contributed by atoms with Crippen LogP contribution in [0.4, 0.5) is 5.95 Å². The van der Waals surface area contributed by atoms with E-state index in [0.717, 1.165) is 12.1 Å². The summed E-state index contributed by atoms with van der Waals surface area (Å²) in [6, 6.07) is 1.75. The zero-order chi connectivity index (χ0) is 12.7. The summed E-state index contributed by atoms with van der Waals surface area (Å²) >= 11 is 0. The fourth-order valence-corrected chi connectivity index (χ4v) is 1.17. The highest BCUT2D eigenvalue weighted by Crippen LogP contribution is 2.12. The Morgan fingerprint density at radius 2 is 2.24 bits per heavy atom. The quantitative estimate of drug-likeness (QED) is 0.638. The van der Waals surface area contributed by atoms with Crippen molar-refractivity contribution in [2.45, 2.75) is 26.4 Å². The molecule has 0 spiro atoms. The van der Waals surface area contributed by atoms with Gasteiger partial charge in [0.25, 0.3) is 0 Å². The Morgan fingerprint density at radius 1 is 1.47 bits per heavy atom. The lowest BCUT2D eigenvalue weighted by Gasteiger charge is -2.10. The number of nitrogens with zero attached hydrogens (tertiary/aromatic N) is 2. The molecule has 17 heavy (non-hydrogen) atoms. The smallest absolute Gasteiger partial charge is 0.226 e. The minimum absolute atomic E-state index is 0.202. The first-order chi connectivity index (χ1) is 8.15. The molecule has 0 bridgehead atoms. The first-order valence-electron chi connectivity index (χ1n) is 5.67. The lowest BCUT2D eigenvalue weighted by Crippen LogP contribution is -2.24. The number of ether oxygens (including phenoxy) is 1. The van der Waals surface area contributed by atoms with Gasteiger partial charge in [-0.2, -0.15) is 4.98 Å². The lowest BCUT2D eigenvalue weighted by molar-refractivity contribution is 0.105. The molecule has 3 N–H and O–H groups in total. The molecule has 1 aromatic rings. The number of aliphatic hydroxyl groups excluding tert-OH is 2. The van der Waals surface area contributed by atoms with E-state index in [0.29, 0.717) is 18.4 Å². The van der Waals surface area contributed by atoms with Gasteiger partial charge in [-0.25, -0.2) is 4.98 Å². The first kappa shape index (κ1) is 13.7. The molecule has 1 unspecified atom stereocenters. The number of hydrogen-bond acceptors (Lipinski definition) is 6. The largest absolute Gasteiger partial charge is 0.478 e. The molecule has 6 nitrogen and oxygen atoms in total. The van der Waals surface area contributed by atoms with E-state index in [2.05, 4.69) is 15.3 Å². The van der Waals surface area contributed by atoms with Crippen molar-refractivity contribution < 1.29 is 14.9 Å². The molecule has 0 aliphatic heterocycles. The van der Waals surface area contributed by atoms with Gasteiger partial charge >= 0.3 is 0 Å². The van der Waals surface area contributed by atoms with Crippen LogP contribution in [0.3, 0.4) is 0 Å². The maximum absolute atomic E-state index is 9.20. The molecule has 0 amide bonds. The van der Waals surface area contributed by atoms with Gasteiger partial charge in [0.05, 0.1) is 19.3 Å². The molecule has 1 rings (SSSR count). The number of anilines is 1. The highest BCUT2D eigenvalue weighted by atomic mass is 16.5. The van der Waals surface area contributed by atoms with Crippen molar-refractivity contribution >= 4 is 5.95 Å². The molecule has 0 aromatic carbocycles. The zero-order valence-corrected chi connectivity index (χ0v) is 10.2. The molecule has 0 aliphatic carbocycles. The summed E-state index contributed by atoms with van der Waals surface area (Å²) in [5.74, 6) is 0.906. The molecule has 0 fully saturated rings. The van der Waals surface area contributed by atoms with Crippen LogP contribution < -0.4 is 10.1 Å². The number of aryl methyl sites for hydroxylation is 1. The molecule has 0 saturated carbocycles. The third-order valence-corrected chi connectivity index (χ3v) is 1.99. The number of nitrogens with one attached hydrogen (secondary N) is 1. The van der Waals surface area contributed by atoms with Gasteiger partial charge in [-0.3, -0.25) is 0 Å². The Hall–Kier alpha value is -1.40. The minimum atomic E-state index is -0.820. The van der Waals surface area contributed by atoms with Crippen molar-refractivity contribution in [3.63, 3.8) is 0 Å². The topological polar surface area (TPSA) is 87.5 Å². The fraction of sp³-hybridized carbons (Fsp3) is 0.636. The van der Waals surface area contributed by atoms with Crippen LogP contribution in [0.1, 0.15) is 19.0 Å². The van der Waals surface area contributed by atoms with Crippen LogP contribution in [-0.4, -0.2) is 46.0 Å². The predicted octanol–water partition coefficient (Wildman–Crippen LogP) is 0.339. The third-order valence-electron chi connectivity index (χ3n) is 1.99. The van der Waals surface area contributed by atoms with Gasteiger partial charge in [-0.15, -0.1) is 0 Å². The van der Waals surface area contributed by atoms with Crippen molar-refractivity contribution in [3.8, 4) is 5.88 Å². The Kier molecular flexibility index (Phi) is 5.65. The van der Waals surface area contributed by atoms with E-state index in [-0.39, 0.29) is 13.2 Å². The Labute approximate surface area is 101 Å². The maximum Gasteiger partial charge on any atom is 0.226 e. The Morgan fingerprint density at radius 3 is 2.88 bits per heavy atom. The maximum atomic E-state index is 9.20. The van der Waals surface area contributed by atoms with Gasteiger partial charge in [0.1, 0.15) is 0 Å². The zero-order valence-electron chi connectivity index (χ0n) is 10.2.